The third-order valence-electron chi connectivity index (χ3n) is 2.08. The van der Waals surface area contributed by atoms with Gasteiger partial charge < -0.3 is 4.74 Å². The van der Waals surface area contributed by atoms with E-state index in [9.17, 15) is 9.59 Å². The fraction of sp³-hybridized carbons (Fsp3) is 0.333. The molecule has 0 fully saturated rings. The summed E-state index contributed by atoms with van der Waals surface area (Å²) in [7, 11) is 1.52. The molecule has 0 aromatic heterocycles. The lowest BCUT2D eigenvalue weighted by molar-refractivity contribution is -0.117. The van der Waals surface area contributed by atoms with E-state index in [1.165, 1.54) is 7.11 Å². The van der Waals surface area contributed by atoms with Crippen LogP contribution < -0.4 is 4.74 Å². The smallest absolute Gasteiger partial charge is 0.228 e. The zero-order chi connectivity index (χ0) is 11.4. The minimum atomic E-state index is -0.455. The van der Waals surface area contributed by atoms with Crippen LogP contribution in [0.3, 0.4) is 0 Å². The molecular formula is C12H14O3. The summed E-state index contributed by atoms with van der Waals surface area (Å²) >= 11 is 0. The molecule has 3 heteroatoms. The molecule has 0 saturated heterocycles. The van der Waals surface area contributed by atoms with Gasteiger partial charge >= 0.3 is 0 Å². The van der Waals surface area contributed by atoms with Gasteiger partial charge in [-0.2, -0.15) is 0 Å². The van der Waals surface area contributed by atoms with Gasteiger partial charge in [-0.15, -0.1) is 0 Å². The van der Waals surface area contributed by atoms with Gasteiger partial charge in [0.05, 0.1) is 7.11 Å². The Morgan fingerprint density at radius 1 is 1.27 bits per heavy atom. The van der Waals surface area contributed by atoms with Gasteiger partial charge in [-0.3, -0.25) is 9.59 Å². The Hall–Kier alpha value is -1.64. The third kappa shape index (κ3) is 2.65. The molecule has 0 aliphatic heterocycles. The average Bonchev–Trinajstić information content (AvgIpc) is 2.27. The fourth-order valence-electron chi connectivity index (χ4n) is 1.17. The molecule has 1 rings (SSSR count). The molecule has 1 aromatic carbocycles. The number of hydrogen-bond acceptors (Lipinski definition) is 3. The van der Waals surface area contributed by atoms with Crippen molar-refractivity contribution in [2.45, 2.75) is 13.8 Å². The van der Waals surface area contributed by atoms with Gasteiger partial charge in [-0.05, 0) is 12.1 Å². The molecule has 15 heavy (non-hydrogen) atoms. The van der Waals surface area contributed by atoms with Gasteiger partial charge in [0, 0.05) is 11.5 Å². The van der Waals surface area contributed by atoms with Crippen LogP contribution in [0.1, 0.15) is 24.2 Å². The number of ketones is 2. The first-order valence-electron chi connectivity index (χ1n) is 4.79. The summed E-state index contributed by atoms with van der Waals surface area (Å²) in [6.45, 7) is 3.42. The number of benzene rings is 1. The first-order valence-corrected chi connectivity index (χ1v) is 4.79. The van der Waals surface area contributed by atoms with Gasteiger partial charge in [0.15, 0.2) is 0 Å². The van der Waals surface area contributed by atoms with E-state index in [-0.39, 0.29) is 11.7 Å². The maximum Gasteiger partial charge on any atom is 0.228 e. The zero-order valence-corrected chi connectivity index (χ0v) is 9.11. The molecule has 80 valence electrons. The highest BCUT2D eigenvalue weighted by atomic mass is 16.5. The highest BCUT2D eigenvalue weighted by Gasteiger charge is 2.19. The van der Waals surface area contributed by atoms with Gasteiger partial charge in [0.1, 0.15) is 5.75 Å². The Balaban J connectivity index is 2.96. The number of rotatable bonds is 4. The molecule has 0 aliphatic carbocycles. The molecule has 3 nitrogen and oxygen atoms in total. The first-order chi connectivity index (χ1) is 7.06. The lowest BCUT2D eigenvalue weighted by Gasteiger charge is -2.04. The highest BCUT2D eigenvalue weighted by Crippen LogP contribution is 2.14. The summed E-state index contributed by atoms with van der Waals surface area (Å²) in [5, 5.41) is 0. The normalized spacial score (nSPS) is 10.1. The highest BCUT2D eigenvalue weighted by molar-refractivity contribution is 6.44. The Labute approximate surface area is 89.1 Å². The fourth-order valence-corrected chi connectivity index (χ4v) is 1.17. The number of carbonyl (C=O) groups is 2. The van der Waals surface area contributed by atoms with Crippen molar-refractivity contribution in [2.75, 3.05) is 7.11 Å². The maximum atomic E-state index is 11.6. The van der Waals surface area contributed by atoms with Crippen molar-refractivity contribution in [3.63, 3.8) is 0 Å². The van der Waals surface area contributed by atoms with Gasteiger partial charge in [0.2, 0.25) is 11.6 Å². The molecule has 0 saturated carbocycles. The number of methoxy groups -OCH3 is 1. The molecule has 0 bridgehead atoms. The standard InChI is InChI=1S/C12H14O3/c1-8(2)11(13)12(14)9-5-4-6-10(7-9)15-3/h4-8H,1-3H3. The topological polar surface area (TPSA) is 43.4 Å². The first kappa shape index (κ1) is 11.4. The Morgan fingerprint density at radius 3 is 2.47 bits per heavy atom. The van der Waals surface area contributed by atoms with Crippen LogP contribution in [0.4, 0.5) is 0 Å². The maximum absolute atomic E-state index is 11.6. The molecule has 0 atom stereocenters. The van der Waals surface area contributed by atoms with Crippen molar-refractivity contribution < 1.29 is 14.3 Å². The number of hydrogen-bond donors (Lipinski definition) is 0. The number of Topliss-reactive ketones (excluding diaryl/α,β-unsaturated/α-hetero) is 2. The predicted molar refractivity (Wildman–Crippen MR) is 57.2 cm³/mol. The van der Waals surface area contributed by atoms with E-state index in [2.05, 4.69) is 0 Å². The van der Waals surface area contributed by atoms with Gasteiger partial charge in [0.25, 0.3) is 0 Å². The van der Waals surface area contributed by atoms with Crippen LogP contribution in [-0.2, 0) is 4.79 Å². The Morgan fingerprint density at radius 2 is 1.93 bits per heavy atom. The van der Waals surface area contributed by atoms with Gasteiger partial charge in [-0.1, -0.05) is 26.0 Å². The van der Waals surface area contributed by atoms with Crippen LogP contribution >= 0.6 is 0 Å². The Kier molecular flexibility index (Phi) is 3.61. The van der Waals surface area contributed by atoms with Crippen LogP contribution in [0.25, 0.3) is 0 Å². The van der Waals surface area contributed by atoms with Crippen LogP contribution in [0.2, 0.25) is 0 Å². The molecule has 0 radical (unpaired) electrons. The molecule has 0 spiro atoms. The summed E-state index contributed by atoms with van der Waals surface area (Å²) in [6.07, 6.45) is 0. The lowest BCUT2D eigenvalue weighted by atomic mass is 9.99. The molecule has 0 heterocycles. The summed E-state index contributed by atoms with van der Waals surface area (Å²) in [4.78, 5) is 23.1. The van der Waals surface area contributed by atoms with E-state index >= 15 is 0 Å². The van der Waals surface area contributed by atoms with E-state index in [0.29, 0.717) is 11.3 Å². The van der Waals surface area contributed by atoms with Gasteiger partial charge in [-0.25, -0.2) is 0 Å². The molecule has 0 aliphatic rings. The second kappa shape index (κ2) is 4.73. The summed E-state index contributed by atoms with van der Waals surface area (Å²) in [5.41, 5.74) is 0.382. The lowest BCUT2D eigenvalue weighted by Crippen LogP contribution is -2.19. The minimum absolute atomic E-state index is 0.274. The second-order valence-electron chi connectivity index (χ2n) is 3.58. The Bertz CT molecular complexity index is 380. The second-order valence-corrected chi connectivity index (χ2v) is 3.58. The summed E-state index contributed by atoms with van der Waals surface area (Å²) in [6, 6.07) is 6.62. The molecule has 0 unspecified atom stereocenters. The van der Waals surface area contributed by atoms with Crippen LogP contribution in [-0.4, -0.2) is 18.7 Å². The van der Waals surface area contributed by atoms with Crippen LogP contribution in [0.5, 0.6) is 5.75 Å². The monoisotopic (exact) mass is 206 g/mol. The molecular weight excluding hydrogens is 192 g/mol. The summed E-state index contributed by atoms with van der Waals surface area (Å²) < 4.78 is 4.98. The van der Waals surface area contributed by atoms with E-state index in [0.717, 1.165) is 0 Å². The van der Waals surface area contributed by atoms with Crippen LogP contribution in [0.15, 0.2) is 24.3 Å². The van der Waals surface area contributed by atoms with E-state index in [1.807, 2.05) is 0 Å². The molecule has 0 N–H and O–H groups in total. The number of ether oxygens (including phenoxy) is 1. The largest absolute Gasteiger partial charge is 0.497 e. The zero-order valence-electron chi connectivity index (χ0n) is 9.11. The summed E-state index contributed by atoms with van der Waals surface area (Å²) in [5.74, 6) is -0.520. The quantitative estimate of drug-likeness (QED) is 0.559. The van der Waals surface area contributed by atoms with E-state index in [1.54, 1.807) is 38.1 Å². The SMILES string of the molecule is COc1cccc(C(=O)C(=O)C(C)C)c1. The van der Waals surface area contributed by atoms with Crippen molar-refractivity contribution in [1.82, 2.24) is 0 Å². The van der Waals surface area contributed by atoms with Crippen molar-refractivity contribution >= 4 is 11.6 Å². The van der Waals surface area contributed by atoms with Crippen molar-refractivity contribution in [3.8, 4) is 5.75 Å². The molecule has 1 aromatic rings. The van der Waals surface area contributed by atoms with E-state index in [4.69, 9.17) is 4.74 Å². The van der Waals surface area contributed by atoms with Crippen LogP contribution in [0, 0.1) is 5.92 Å². The average molecular weight is 206 g/mol. The number of carbonyl (C=O) groups excluding carboxylic acids is 2. The van der Waals surface area contributed by atoms with E-state index < -0.39 is 5.78 Å². The van der Waals surface area contributed by atoms with Crippen molar-refractivity contribution in [3.05, 3.63) is 29.8 Å². The third-order valence-corrected chi connectivity index (χ3v) is 2.08. The minimum Gasteiger partial charge on any atom is -0.497 e. The molecule has 0 amide bonds. The predicted octanol–water partition coefficient (Wildman–Crippen LogP) is 2.10. The van der Waals surface area contributed by atoms with Crippen molar-refractivity contribution in [1.29, 1.82) is 0 Å². The van der Waals surface area contributed by atoms with Crippen molar-refractivity contribution in [2.24, 2.45) is 5.92 Å².